The molecule has 0 spiro atoms. The van der Waals surface area contributed by atoms with E-state index in [0.29, 0.717) is 0 Å². The predicted molar refractivity (Wildman–Crippen MR) is 55.3 cm³/mol. The first kappa shape index (κ1) is 11.8. The van der Waals surface area contributed by atoms with Gasteiger partial charge >= 0.3 is 0 Å². The molecule has 0 heterocycles. The third kappa shape index (κ3) is 6.05. The molecule has 0 saturated heterocycles. The van der Waals surface area contributed by atoms with Gasteiger partial charge in [-0.2, -0.15) is 0 Å². The van der Waals surface area contributed by atoms with Crippen molar-refractivity contribution in [3.8, 4) is 0 Å². The molecule has 2 heteroatoms. The van der Waals surface area contributed by atoms with E-state index in [1.807, 2.05) is 6.79 Å². The fourth-order valence-corrected chi connectivity index (χ4v) is 1.13. The van der Waals surface area contributed by atoms with Crippen LogP contribution in [0.1, 0.15) is 5.56 Å². The summed E-state index contributed by atoms with van der Waals surface area (Å²) >= 11 is 0. The molecule has 1 rings (SSSR count). The number of benzene rings is 1. The van der Waals surface area contributed by atoms with Crippen molar-refractivity contribution in [2.75, 3.05) is 21.1 Å². The number of hydrogen-bond donors (Lipinski definition) is 0. The summed E-state index contributed by atoms with van der Waals surface area (Å²) in [5.74, 6) is 0. The van der Waals surface area contributed by atoms with E-state index >= 15 is 0 Å². The minimum atomic E-state index is 0.990. The molecule has 0 aliphatic heterocycles. The van der Waals surface area contributed by atoms with E-state index in [1.165, 1.54) is 5.56 Å². The summed E-state index contributed by atoms with van der Waals surface area (Å²) in [4.78, 5) is 8.00. The van der Waals surface area contributed by atoms with Crippen LogP contribution < -0.4 is 0 Å². The predicted octanol–water partition coefficient (Wildman–Crippen LogP) is 1.71. The molecule has 0 aliphatic carbocycles. The highest BCUT2D eigenvalue weighted by atomic mass is 16.1. The van der Waals surface area contributed by atoms with Gasteiger partial charge in [-0.3, -0.25) is 0 Å². The number of nitrogens with zero attached hydrogens (tertiary/aromatic N) is 1. The Morgan fingerprint density at radius 1 is 1.08 bits per heavy atom. The van der Waals surface area contributed by atoms with Crippen molar-refractivity contribution in [3.63, 3.8) is 0 Å². The van der Waals surface area contributed by atoms with Crippen LogP contribution in [0.15, 0.2) is 30.3 Å². The van der Waals surface area contributed by atoms with Gasteiger partial charge in [-0.1, -0.05) is 30.3 Å². The molecule has 0 unspecified atom stereocenters. The Bertz CT molecular complexity index is 226. The normalized spacial score (nSPS) is 10.1. The van der Waals surface area contributed by atoms with E-state index in [1.54, 1.807) is 0 Å². The summed E-state index contributed by atoms with van der Waals surface area (Å²) < 4.78 is 0.990. The maximum absolute atomic E-state index is 8.00. The van der Waals surface area contributed by atoms with Crippen molar-refractivity contribution in [2.45, 2.75) is 6.54 Å². The highest BCUT2D eigenvalue weighted by Gasteiger charge is 2.06. The molecule has 72 valence electrons. The molecule has 13 heavy (non-hydrogen) atoms. The third-order valence-electron chi connectivity index (χ3n) is 1.50. The molecule has 0 fully saturated rings. The Morgan fingerprint density at radius 2 is 1.54 bits per heavy atom. The minimum Gasteiger partial charge on any atom is -0.327 e. The first-order chi connectivity index (χ1) is 6.08. The highest BCUT2D eigenvalue weighted by Crippen LogP contribution is 2.04. The minimum absolute atomic E-state index is 0.990. The zero-order valence-corrected chi connectivity index (χ0v) is 8.66. The molecule has 0 saturated carbocycles. The van der Waals surface area contributed by atoms with E-state index in [4.69, 9.17) is 4.79 Å². The molecule has 1 aromatic rings. The SMILES string of the molecule is C=O.C[N+](C)(C)Cc1ccccc1. The van der Waals surface area contributed by atoms with Crippen molar-refractivity contribution in [1.29, 1.82) is 0 Å². The average molecular weight is 180 g/mol. The van der Waals surface area contributed by atoms with Crippen molar-refractivity contribution in [2.24, 2.45) is 0 Å². The average Bonchev–Trinajstić information content (AvgIpc) is 2.07. The summed E-state index contributed by atoms with van der Waals surface area (Å²) in [5, 5.41) is 0. The van der Waals surface area contributed by atoms with Gasteiger partial charge in [-0.15, -0.1) is 0 Å². The summed E-state index contributed by atoms with van der Waals surface area (Å²) in [7, 11) is 6.60. The van der Waals surface area contributed by atoms with Gasteiger partial charge in [0.2, 0.25) is 0 Å². The molecule has 0 N–H and O–H groups in total. The molecular formula is C11H18NO+. The zero-order chi connectivity index (χ0) is 10.3. The Morgan fingerprint density at radius 3 is 1.92 bits per heavy atom. The topological polar surface area (TPSA) is 17.1 Å². The third-order valence-corrected chi connectivity index (χ3v) is 1.50. The molecule has 0 aromatic heterocycles. The van der Waals surface area contributed by atoms with Crippen LogP contribution in [0.3, 0.4) is 0 Å². The lowest BCUT2D eigenvalue weighted by Crippen LogP contribution is -2.33. The fraction of sp³-hybridized carbons (Fsp3) is 0.364. The first-order valence-electron chi connectivity index (χ1n) is 4.21. The van der Waals surface area contributed by atoms with Crippen LogP contribution in [0.25, 0.3) is 0 Å². The molecule has 1 aromatic carbocycles. The summed E-state index contributed by atoms with van der Waals surface area (Å²) in [5.41, 5.74) is 1.40. The lowest BCUT2D eigenvalue weighted by atomic mass is 10.2. The monoisotopic (exact) mass is 180 g/mol. The number of rotatable bonds is 2. The largest absolute Gasteiger partial charge is 0.327 e. The number of quaternary nitrogens is 1. The van der Waals surface area contributed by atoms with Crippen LogP contribution in [-0.2, 0) is 11.3 Å². The van der Waals surface area contributed by atoms with Gasteiger partial charge in [-0.05, 0) is 0 Å². The van der Waals surface area contributed by atoms with Crippen LogP contribution in [0.2, 0.25) is 0 Å². The lowest BCUT2D eigenvalue weighted by Gasteiger charge is -2.23. The molecule has 0 radical (unpaired) electrons. The van der Waals surface area contributed by atoms with Crippen molar-refractivity contribution in [3.05, 3.63) is 35.9 Å². The van der Waals surface area contributed by atoms with E-state index < -0.39 is 0 Å². The quantitative estimate of drug-likeness (QED) is 0.633. The standard InChI is InChI=1S/C10H16N.CH2O/c1-11(2,3)9-10-7-5-4-6-8-10;1-2/h4-8H,9H2,1-3H3;1H2/q+1;. The van der Waals surface area contributed by atoms with Gasteiger partial charge in [0.1, 0.15) is 13.3 Å². The number of hydrogen-bond acceptors (Lipinski definition) is 1. The second-order valence-electron chi connectivity index (χ2n) is 3.93. The molecule has 0 amide bonds. The Hall–Kier alpha value is -1.15. The Kier molecular flexibility index (Phi) is 5.00. The van der Waals surface area contributed by atoms with Crippen LogP contribution >= 0.6 is 0 Å². The molecule has 0 aliphatic rings. The van der Waals surface area contributed by atoms with Gasteiger partial charge in [0, 0.05) is 5.56 Å². The van der Waals surface area contributed by atoms with Crippen LogP contribution in [0.4, 0.5) is 0 Å². The van der Waals surface area contributed by atoms with Gasteiger partial charge in [0.05, 0.1) is 21.1 Å². The van der Waals surface area contributed by atoms with E-state index in [-0.39, 0.29) is 0 Å². The maximum atomic E-state index is 8.00. The molecular weight excluding hydrogens is 162 g/mol. The van der Waals surface area contributed by atoms with E-state index in [9.17, 15) is 0 Å². The maximum Gasteiger partial charge on any atom is 0.106 e. The van der Waals surface area contributed by atoms with Crippen molar-refractivity contribution in [1.82, 2.24) is 0 Å². The summed E-state index contributed by atoms with van der Waals surface area (Å²) in [6, 6.07) is 10.6. The van der Waals surface area contributed by atoms with Crippen molar-refractivity contribution < 1.29 is 9.28 Å². The smallest absolute Gasteiger partial charge is 0.106 e. The van der Waals surface area contributed by atoms with Gasteiger partial charge in [0.25, 0.3) is 0 Å². The second kappa shape index (κ2) is 5.49. The van der Waals surface area contributed by atoms with Gasteiger partial charge in [-0.25, -0.2) is 0 Å². The highest BCUT2D eigenvalue weighted by molar-refractivity contribution is 5.13. The summed E-state index contributed by atoms with van der Waals surface area (Å²) in [6.45, 7) is 3.10. The van der Waals surface area contributed by atoms with Crippen molar-refractivity contribution >= 4 is 6.79 Å². The fourth-order valence-electron chi connectivity index (χ4n) is 1.13. The second-order valence-corrected chi connectivity index (χ2v) is 3.93. The zero-order valence-electron chi connectivity index (χ0n) is 8.66. The van der Waals surface area contributed by atoms with Crippen LogP contribution in [0.5, 0.6) is 0 Å². The molecule has 0 bridgehead atoms. The van der Waals surface area contributed by atoms with Gasteiger partial charge < -0.3 is 9.28 Å². The number of carbonyl (C=O) groups excluding carboxylic acids is 1. The number of carbonyl (C=O) groups is 1. The Balaban J connectivity index is 0.000000671. The Labute approximate surface area is 80.4 Å². The van der Waals surface area contributed by atoms with E-state index in [2.05, 4.69) is 51.5 Å². The lowest BCUT2D eigenvalue weighted by molar-refractivity contribution is -0.884. The molecule has 0 atom stereocenters. The van der Waals surface area contributed by atoms with Gasteiger partial charge in [0.15, 0.2) is 0 Å². The first-order valence-corrected chi connectivity index (χ1v) is 4.21. The molecule has 2 nitrogen and oxygen atoms in total. The van der Waals surface area contributed by atoms with Crippen LogP contribution in [0, 0.1) is 0 Å². The van der Waals surface area contributed by atoms with Crippen LogP contribution in [-0.4, -0.2) is 32.4 Å². The summed E-state index contributed by atoms with van der Waals surface area (Å²) in [6.07, 6.45) is 0. The van der Waals surface area contributed by atoms with E-state index in [0.717, 1.165) is 11.0 Å².